The van der Waals surface area contributed by atoms with E-state index >= 15 is 0 Å². The van der Waals surface area contributed by atoms with E-state index in [1.54, 1.807) is 24.5 Å². The van der Waals surface area contributed by atoms with Crippen LogP contribution in [0.5, 0.6) is 0 Å². The van der Waals surface area contributed by atoms with E-state index in [1.807, 2.05) is 24.3 Å². The second kappa shape index (κ2) is 8.47. The summed E-state index contributed by atoms with van der Waals surface area (Å²) in [5.41, 5.74) is 3.44. The summed E-state index contributed by atoms with van der Waals surface area (Å²) in [4.78, 5) is 18.5. The molecule has 0 aliphatic carbocycles. The maximum atomic E-state index is 12.2. The van der Waals surface area contributed by atoms with Gasteiger partial charge in [-0.05, 0) is 66.9 Å². The van der Waals surface area contributed by atoms with Crippen molar-refractivity contribution >= 4 is 23.1 Å². The van der Waals surface area contributed by atoms with Crippen LogP contribution in [0.15, 0.2) is 60.9 Å². The molecule has 7 nitrogen and oxygen atoms in total. The number of anilines is 3. The number of pyridine rings is 1. The van der Waals surface area contributed by atoms with Crippen molar-refractivity contribution in [3.63, 3.8) is 0 Å². The van der Waals surface area contributed by atoms with Crippen LogP contribution in [0.25, 0.3) is 0 Å². The molecule has 142 valence electrons. The van der Waals surface area contributed by atoms with Gasteiger partial charge in [0.15, 0.2) is 11.5 Å². The van der Waals surface area contributed by atoms with Crippen molar-refractivity contribution in [2.45, 2.75) is 19.4 Å². The maximum Gasteiger partial charge on any atom is 0.272 e. The summed E-state index contributed by atoms with van der Waals surface area (Å²) in [6.07, 6.45) is 5.91. The van der Waals surface area contributed by atoms with E-state index in [0.29, 0.717) is 12.4 Å². The third-order valence-corrected chi connectivity index (χ3v) is 4.71. The van der Waals surface area contributed by atoms with E-state index in [4.69, 9.17) is 0 Å². The Morgan fingerprint density at radius 3 is 2.36 bits per heavy atom. The highest BCUT2D eigenvalue weighted by molar-refractivity contribution is 5.92. The van der Waals surface area contributed by atoms with Gasteiger partial charge in [0, 0.05) is 43.4 Å². The number of benzene rings is 1. The quantitative estimate of drug-likeness (QED) is 0.690. The lowest BCUT2D eigenvalue weighted by molar-refractivity contribution is 0.0945. The minimum atomic E-state index is -0.258. The normalized spacial score (nSPS) is 13.4. The molecule has 7 heteroatoms. The van der Waals surface area contributed by atoms with Crippen LogP contribution in [0.1, 0.15) is 28.9 Å². The van der Waals surface area contributed by atoms with Crippen LogP contribution in [0.4, 0.5) is 17.2 Å². The van der Waals surface area contributed by atoms with Crippen LogP contribution in [0.3, 0.4) is 0 Å². The predicted octanol–water partition coefficient (Wildman–Crippen LogP) is 3.15. The molecule has 2 N–H and O–H groups in total. The number of nitrogens with zero attached hydrogens (tertiary/aromatic N) is 4. The Hall–Kier alpha value is -3.48. The van der Waals surface area contributed by atoms with Crippen LogP contribution in [0, 0.1) is 0 Å². The molecule has 0 radical (unpaired) electrons. The zero-order chi connectivity index (χ0) is 19.2. The molecule has 1 saturated heterocycles. The van der Waals surface area contributed by atoms with Crippen LogP contribution in [0.2, 0.25) is 0 Å². The number of amides is 1. The van der Waals surface area contributed by atoms with Gasteiger partial charge in [-0.2, -0.15) is 0 Å². The van der Waals surface area contributed by atoms with E-state index in [-0.39, 0.29) is 11.6 Å². The smallest absolute Gasteiger partial charge is 0.272 e. The molecule has 0 bridgehead atoms. The fourth-order valence-electron chi connectivity index (χ4n) is 3.17. The van der Waals surface area contributed by atoms with Gasteiger partial charge >= 0.3 is 0 Å². The highest BCUT2D eigenvalue weighted by Gasteiger charge is 2.12. The highest BCUT2D eigenvalue weighted by Crippen LogP contribution is 2.23. The number of carbonyl (C=O) groups excluding carboxylic acids is 1. The lowest BCUT2D eigenvalue weighted by atomic mass is 10.2. The first kappa shape index (κ1) is 17.9. The molecular weight excluding hydrogens is 352 g/mol. The van der Waals surface area contributed by atoms with Gasteiger partial charge < -0.3 is 15.5 Å². The first-order chi connectivity index (χ1) is 13.8. The molecule has 28 heavy (non-hydrogen) atoms. The standard InChI is InChI=1S/C21H22N6O/c28-21(23-15-16-9-11-22-12-10-16)19-7-8-20(26-25-19)24-17-3-5-18(6-4-17)27-13-1-2-14-27/h3-12H,1-2,13-15H2,(H,23,28)(H,24,26). The Morgan fingerprint density at radius 2 is 1.68 bits per heavy atom. The molecule has 1 aliphatic heterocycles. The molecule has 0 spiro atoms. The van der Waals surface area contributed by atoms with Crippen molar-refractivity contribution in [1.82, 2.24) is 20.5 Å². The van der Waals surface area contributed by atoms with Gasteiger partial charge in [-0.3, -0.25) is 9.78 Å². The monoisotopic (exact) mass is 374 g/mol. The first-order valence-corrected chi connectivity index (χ1v) is 9.41. The Bertz CT molecular complexity index is 906. The van der Waals surface area contributed by atoms with E-state index in [0.717, 1.165) is 24.3 Å². The zero-order valence-corrected chi connectivity index (χ0v) is 15.5. The van der Waals surface area contributed by atoms with Gasteiger partial charge in [0.05, 0.1) is 0 Å². The second-order valence-corrected chi connectivity index (χ2v) is 6.71. The van der Waals surface area contributed by atoms with Crippen LogP contribution >= 0.6 is 0 Å². The lowest BCUT2D eigenvalue weighted by Crippen LogP contribution is -2.24. The molecule has 1 aliphatic rings. The largest absolute Gasteiger partial charge is 0.372 e. The molecule has 1 amide bonds. The molecule has 0 atom stereocenters. The average Bonchev–Trinajstić information content (AvgIpc) is 3.29. The van der Waals surface area contributed by atoms with E-state index in [1.165, 1.54) is 18.5 Å². The minimum absolute atomic E-state index is 0.258. The summed E-state index contributed by atoms with van der Waals surface area (Å²) in [6.45, 7) is 2.68. The summed E-state index contributed by atoms with van der Waals surface area (Å²) in [5.74, 6) is 0.338. The summed E-state index contributed by atoms with van der Waals surface area (Å²) in [6, 6.07) is 15.4. The Kier molecular flexibility index (Phi) is 5.42. The van der Waals surface area contributed by atoms with Crippen molar-refractivity contribution < 1.29 is 4.79 Å². The van der Waals surface area contributed by atoms with Gasteiger partial charge in [-0.25, -0.2) is 0 Å². The molecule has 2 aromatic heterocycles. The third kappa shape index (κ3) is 4.43. The molecule has 1 aromatic carbocycles. The SMILES string of the molecule is O=C(NCc1ccncc1)c1ccc(Nc2ccc(N3CCCC3)cc2)nn1. The summed E-state index contributed by atoms with van der Waals surface area (Å²) in [5, 5.41) is 14.2. The molecule has 1 fully saturated rings. The number of aromatic nitrogens is 3. The zero-order valence-electron chi connectivity index (χ0n) is 15.5. The molecule has 3 aromatic rings. The molecule has 4 rings (SSSR count). The molecule has 0 unspecified atom stereocenters. The first-order valence-electron chi connectivity index (χ1n) is 9.41. The number of hydrogen-bond acceptors (Lipinski definition) is 6. The number of hydrogen-bond donors (Lipinski definition) is 2. The second-order valence-electron chi connectivity index (χ2n) is 6.71. The predicted molar refractivity (Wildman–Crippen MR) is 109 cm³/mol. The highest BCUT2D eigenvalue weighted by atomic mass is 16.1. The maximum absolute atomic E-state index is 12.2. The van der Waals surface area contributed by atoms with Crippen LogP contribution in [-0.2, 0) is 6.54 Å². The fraction of sp³-hybridized carbons (Fsp3) is 0.238. The number of nitrogens with one attached hydrogen (secondary N) is 2. The van der Waals surface area contributed by atoms with Crippen molar-refractivity contribution in [2.75, 3.05) is 23.3 Å². The summed E-state index contributed by atoms with van der Waals surface area (Å²) in [7, 11) is 0. The lowest BCUT2D eigenvalue weighted by Gasteiger charge is -2.17. The Morgan fingerprint density at radius 1 is 0.929 bits per heavy atom. The van der Waals surface area contributed by atoms with Crippen LogP contribution < -0.4 is 15.5 Å². The molecule has 3 heterocycles. The topological polar surface area (TPSA) is 83.0 Å². The minimum Gasteiger partial charge on any atom is -0.372 e. The van der Waals surface area contributed by atoms with Crippen molar-refractivity contribution in [1.29, 1.82) is 0 Å². The average molecular weight is 374 g/mol. The fourth-order valence-corrected chi connectivity index (χ4v) is 3.17. The van der Waals surface area contributed by atoms with Crippen molar-refractivity contribution in [3.05, 3.63) is 72.2 Å². The van der Waals surface area contributed by atoms with Gasteiger partial charge in [0.25, 0.3) is 5.91 Å². The van der Waals surface area contributed by atoms with Gasteiger partial charge in [-0.1, -0.05) is 0 Å². The summed E-state index contributed by atoms with van der Waals surface area (Å²) >= 11 is 0. The van der Waals surface area contributed by atoms with E-state index in [2.05, 4.69) is 42.8 Å². The third-order valence-electron chi connectivity index (χ3n) is 4.71. The van der Waals surface area contributed by atoms with Gasteiger partial charge in [0.2, 0.25) is 0 Å². The molecule has 0 saturated carbocycles. The Labute approximate surface area is 163 Å². The number of carbonyl (C=O) groups is 1. The van der Waals surface area contributed by atoms with Crippen molar-refractivity contribution in [2.24, 2.45) is 0 Å². The number of rotatable bonds is 6. The summed E-state index contributed by atoms with van der Waals surface area (Å²) < 4.78 is 0. The van der Waals surface area contributed by atoms with Gasteiger partial charge in [-0.15, -0.1) is 10.2 Å². The Balaban J connectivity index is 1.33. The van der Waals surface area contributed by atoms with Crippen LogP contribution in [-0.4, -0.2) is 34.2 Å². The van der Waals surface area contributed by atoms with E-state index in [9.17, 15) is 4.79 Å². The van der Waals surface area contributed by atoms with Crippen molar-refractivity contribution in [3.8, 4) is 0 Å². The van der Waals surface area contributed by atoms with E-state index < -0.39 is 0 Å². The molecular formula is C21H22N6O. The van der Waals surface area contributed by atoms with Gasteiger partial charge in [0.1, 0.15) is 0 Å².